The highest BCUT2D eigenvalue weighted by Crippen LogP contribution is 2.21. The van der Waals surface area contributed by atoms with Crippen LogP contribution < -0.4 is 0 Å². The highest BCUT2D eigenvalue weighted by Gasteiger charge is 2.45. The quantitative estimate of drug-likeness (QED) is 0.401. The first-order valence-corrected chi connectivity index (χ1v) is 7.30. The highest BCUT2D eigenvalue weighted by molar-refractivity contribution is 7.86. The average Bonchev–Trinajstić information content (AvgIpc) is 2.27. The van der Waals surface area contributed by atoms with Crippen molar-refractivity contribution in [1.82, 2.24) is 4.98 Å². The third-order valence-corrected chi connectivity index (χ3v) is 2.32. The van der Waals surface area contributed by atoms with Crippen molar-refractivity contribution in [2.45, 2.75) is 11.0 Å². The van der Waals surface area contributed by atoms with Gasteiger partial charge in [-0.05, 0) is 12.1 Å². The van der Waals surface area contributed by atoms with Crippen LogP contribution >= 0.6 is 0 Å². The Kier molecular flexibility index (Phi) is 8.56. The maximum atomic E-state index is 10.7. The summed E-state index contributed by atoms with van der Waals surface area (Å²) in [6.07, 6.45) is 3.50. The largest absolute Gasteiger partial charge is 0.522 e. The van der Waals surface area contributed by atoms with Crippen LogP contribution in [0.15, 0.2) is 30.6 Å². The van der Waals surface area contributed by atoms with Crippen molar-refractivity contribution < 1.29 is 52.3 Å². The van der Waals surface area contributed by atoms with E-state index >= 15 is 0 Å². The molecule has 0 aromatic carbocycles. The molecule has 0 bridgehead atoms. The molecule has 0 saturated carbocycles. The molecule has 1 aromatic rings. The van der Waals surface area contributed by atoms with E-state index in [1.54, 1.807) is 12.4 Å². The Labute approximate surface area is 120 Å². The van der Waals surface area contributed by atoms with Gasteiger partial charge in [-0.25, -0.2) is 0 Å². The van der Waals surface area contributed by atoms with Crippen molar-refractivity contribution in [3.8, 4) is 0 Å². The van der Waals surface area contributed by atoms with Crippen molar-refractivity contribution in [3.05, 3.63) is 30.6 Å². The van der Waals surface area contributed by atoms with Crippen molar-refractivity contribution in [3.63, 3.8) is 0 Å². The smallest absolute Gasteiger partial charge is 0.279 e. The molecule has 0 amide bonds. The predicted octanol–water partition coefficient (Wildman–Crippen LogP) is 1.87. The minimum absolute atomic E-state index is 1.75. The van der Waals surface area contributed by atoms with Crippen LogP contribution in [0.25, 0.3) is 0 Å². The molecule has 0 unspecified atom stereocenters. The number of aromatic nitrogens is 1. The van der Waals surface area contributed by atoms with E-state index in [0.29, 0.717) is 0 Å². The lowest BCUT2D eigenvalue weighted by Crippen LogP contribution is -2.21. The van der Waals surface area contributed by atoms with Crippen LogP contribution in [0, 0.1) is 0 Å². The molecule has 130 valence electrons. The molecule has 0 atom stereocenters. The summed E-state index contributed by atoms with van der Waals surface area (Å²) in [5.41, 5.74) is -11.1. The van der Waals surface area contributed by atoms with Gasteiger partial charge in [0, 0.05) is 12.4 Å². The fourth-order valence-corrected chi connectivity index (χ4v) is 0.313. The van der Waals surface area contributed by atoms with Gasteiger partial charge in [-0.1, -0.05) is 6.07 Å². The van der Waals surface area contributed by atoms with E-state index in [2.05, 4.69) is 4.98 Å². The van der Waals surface area contributed by atoms with Gasteiger partial charge in [-0.15, -0.1) is 0 Å². The molecule has 2 N–H and O–H groups in total. The normalized spacial score (nSPS) is 12.4. The van der Waals surface area contributed by atoms with Crippen LogP contribution in [0.2, 0.25) is 0 Å². The number of halogens is 6. The number of rotatable bonds is 0. The van der Waals surface area contributed by atoms with E-state index in [0.717, 1.165) is 0 Å². The summed E-state index contributed by atoms with van der Waals surface area (Å²) in [5.74, 6) is 0. The molecular formula is C7H7F6NO6S2. The topological polar surface area (TPSA) is 122 Å². The Hall–Kier alpha value is -1.45. The standard InChI is InChI=1S/C5H5N.2CHF3O3S/c1-2-4-6-5-3-1;2*2-1(3,4)8(5,6)7/h1-5H;2*(H,5,6,7). The lowest BCUT2D eigenvalue weighted by Gasteiger charge is -1.97. The SMILES string of the molecule is O=S(=O)(O)C(F)(F)F.O=S(=O)(O)C(F)(F)F.c1ccncc1. The van der Waals surface area contributed by atoms with Crippen molar-refractivity contribution in [1.29, 1.82) is 0 Å². The maximum Gasteiger partial charge on any atom is 0.522 e. The maximum absolute atomic E-state index is 10.7. The van der Waals surface area contributed by atoms with E-state index in [1.165, 1.54) is 0 Å². The number of nitrogens with zero attached hydrogens (tertiary/aromatic N) is 1. The third-order valence-electron chi connectivity index (χ3n) is 1.15. The van der Waals surface area contributed by atoms with Gasteiger partial charge in [0.05, 0.1) is 0 Å². The molecule has 1 heterocycles. The molecule has 0 fully saturated rings. The lowest BCUT2D eigenvalue weighted by atomic mass is 10.5. The van der Waals surface area contributed by atoms with Gasteiger partial charge >= 0.3 is 31.3 Å². The molecule has 0 aliphatic rings. The summed E-state index contributed by atoms with van der Waals surface area (Å²) >= 11 is 0. The van der Waals surface area contributed by atoms with Crippen molar-refractivity contribution in [2.75, 3.05) is 0 Å². The third kappa shape index (κ3) is 11.2. The fourth-order valence-electron chi connectivity index (χ4n) is 0.313. The zero-order valence-corrected chi connectivity index (χ0v) is 11.6. The van der Waals surface area contributed by atoms with E-state index in [4.69, 9.17) is 25.9 Å². The second kappa shape index (κ2) is 8.25. The van der Waals surface area contributed by atoms with Gasteiger partial charge in [-0.2, -0.15) is 43.2 Å². The van der Waals surface area contributed by atoms with Crippen LogP contribution in [0.5, 0.6) is 0 Å². The van der Waals surface area contributed by atoms with Crippen LogP contribution in [0.4, 0.5) is 26.3 Å². The molecular weight excluding hydrogens is 372 g/mol. The summed E-state index contributed by atoms with van der Waals surface area (Å²) < 4.78 is 115. The molecule has 0 aliphatic carbocycles. The number of hydrogen-bond donors (Lipinski definition) is 2. The van der Waals surface area contributed by atoms with Gasteiger partial charge in [0.1, 0.15) is 0 Å². The number of hydrogen-bond acceptors (Lipinski definition) is 5. The summed E-state index contributed by atoms with van der Waals surface area (Å²) in [4.78, 5) is 3.78. The van der Waals surface area contributed by atoms with Gasteiger partial charge in [-0.3, -0.25) is 14.1 Å². The molecule has 1 aromatic heterocycles. The molecule has 22 heavy (non-hydrogen) atoms. The Morgan fingerprint density at radius 3 is 0.955 bits per heavy atom. The van der Waals surface area contributed by atoms with Crippen LogP contribution in [-0.2, 0) is 20.2 Å². The van der Waals surface area contributed by atoms with E-state index < -0.39 is 31.3 Å². The molecule has 15 heteroatoms. The Bertz CT molecular complexity index is 555. The lowest BCUT2D eigenvalue weighted by molar-refractivity contribution is -0.0514. The summed E-state index contributed by atoms with van der Waals surface area (Å²) in [6.45, 7) is 0. The summed E-state index contributed by atoms with van der Waals surface area (Å²) in [5, 5.41) is 0. The van der Waals surface area contributed by atoms with Crippen LogP contribution in [-0.4, -0.2) is 41.9 Å². The first-order valence-electron chi connectivity index (χ1n) is 4.42. The first-order chi connectivity index (χ1) is 9.50. The van der Waals surface area contributed by atoms with Crippen LogP contribution in [0.1, 0.15) is 0 Å². The average molecular weight is 379 g/mol. The second-order valence-electron chi connectivity index (χ2n) is 2.87. The van der Waals surface area contributed by atoms with Gasteiger partial charge < -0.3 is 0 Å². The van der Waals surface area contributed by atoms with E-state index in [9.17, 15) is 26.3 Å². The Morgan fingerprint density at radius 1 is 0.682 bits per heavy atom. The van der Waals surface area contributed by atoms with Gasteiger partial charge in [0.2, 0.25) is 0 Å². The molecule has 0 radical (unpaired) electrons. The fraction of sp³-hybridized carbons (Fsp3) is 0.286. The monoisotopic (exact) mass is 379 g/mol. The Morgan fingerprint density at radius 2 is 0.909 bits per heavy atom. The zero-order valence-electron chi connectivity index (χ0n) is 9.95. The zero-order chi connectivity index (χ0) is 18.2. The van der Waals surface area contributed by atoms with Gasteiger partial charge in [0.15, 0.2) is 0 Å². The van der Waals surface area contributed by atoms with E-state index in [1.807, 2.05) is 18.2 Å². The minimum atomic E-state index is -5.84. The molecule has 1 rings (SSSR count). The summed E-state index contributed by atoms with van der Waals surface area (Å²) in [7, 11) is -11.7. The van der Waals surface area contributed by atoms with Crippen molar-refractivity contribution in [2.24, 2.45) is 0 Å². The van der Waals surface area contributed by atoms with E-state index in [-0.39, 0.29) is 0 Å². The van der Waals surface area contributed by atoms with Crippen molar-refractivity contribution >= 4 is 20.2 Å². The highest BCUT2D eigenvalue weighted by atomic mass is 32.2. The molecule has 0 spiro atoms. The molecule has 0 aliphatic heterocycles. The first kappa shape index (κ1) is 22.8. The minimum Gasteiger partial charge on any atom is -0.279 e. The van der Waals surface area contributed by atoms with Gasteiger partial charge in [0.25, 0.3) is 0 Å². The Balaban J connectivity index is 0. The number of alkyl halides is 6. The second-order valence-corrected chi connectivity index (χ2v) is 5.69. The summed E-state index contributed by atoms with van der Waals surface area (Å²) in [6, 6.07) is 5.72. The van der Waals surface area contributed by atoms with Crippen LogP contribution in [0.3, 0.4) is 0 Å². The molecule has 0 saturated heterocycles. The molecule has 7 nitrogen and oxygen atoms in total. The predicted molar refractivity (Wildman–Crippen MR) is 59.4 cm³/mol. The number of pyridine rings is 1.